The molecule has 136 valence electrons. The molecule has 4 rings (SSSR count). The highest BCUT2D eigenvalue weighted by Crippen LogP contribution is 2.41. The van der Waals surface area contributed by atoms with Gasteiger partial charge in [0.25, 0.3) is 0 Å². The third kappa shape index (κ3) is 2.50. The second-order valence-corrected chi connectivity index (χ2v) is 7.03. The van der Waals surface area contributed by atoms with Crippen molar-refractivity contribution in [1.82, 2.24) is 4.57 Å². The van der Waals surface area contributed by atoms with E-state index in [1.54, 1.807) is 10.6 Å². The Bertz CT molecular complexity index is 994. The van der Waals surface area contributed by atoms with E-state index in [1.807, 2.05) is 4.90 Å². The van der Waals surface area contributed by atoms with Crippen LogP contribution >= 0.6 is 0 Å². The minimum atomic E-state index is -1.30. The van der Waals surface area contributed by atoms with Crippen LogP contribution in [0.15, 0.2) is 23.6 Å². The average molecular weight is 357 g/mol. The molecular weight excluding hydrogens is 337 g/mol. The van der Waals surface area contributed by atoms with Crippen LogP contribution in [-0.2, 0) is 0 Å². The maximum absolute atomic E-state index is 15.0. The van der Waals surface area contributed by atoms with Gasteiger partial charge in [-0.15, -0.1) is 0 Å². The number of carbonyl (C=O) groups is 1. The summed E-state index contributed by atoms with van der Waals surface area (Å²) in [7, 11) is 0. The number of aromatic nitrogens is 1. The number of hydrogen-bond donors (Lipinski definition) is 2. The zero-order valence-electron chi connectivity index (χ0n) is 14.2. The number of hydrogen-bond acceptors (Lipinski definition) is 4. The number of halogens is 1. The van der Waals surface area contributed by atoms with Gasteiger partial charge in [0.05, 0.1) is 16.6 Å². The lowest BCUT2D eigenvalue weighted by atomic mass is 10.0. The fourth-order valence-corrected chi connectivity index (χ4v) is 3.81. The molecule has 1 unspecified atom stereocenters. The van der Waals surface area contributed by atoms with Gasteiger partial charge in [-0.25, -0.2) is 9.18 Å². The number of carboxylic acid groups (broad SMARTS) is 1. The number of benzene rings is 1. The molecule has 0 bridgehead atoms. The van der Waals surface area contributed by atoms with E-state index in [0.717, 1.165) is 25.3 Å². The molecule has 3 N–H and O–H groups in total. The van der Waals surface area contributed by atoms with Crippen molar-refractivity contribution in [3.05, 3.63) is 46.0 Å². The van der Waals surface area contributed by atoms with Crippen LogP contribution in [0.2, 0.25) is 0 Å². The molecule has 2 fully saturated rings. The quantitative estimate of drug-likeness (QED) is 0.877. The fourth-order valence-electron chi connectivity index (χ4n) is 3.81. The predicted molar refractivity (Wildman–Crippen MR) is 98.3 cm³/mol. The second-order valence-electron chi connectivity index (χ2n) is 7.03. The van der Waals surface area contributed by atoms with Crippen LogP contribution in [0.4, 0.5) is 10.1 Å². The molecule has 0 amide bonds. The summed E-state index contributed by atoms with van der Waals surface area (Å²) in [6, 6.07) is 1.26. The Kier molecular flexibility index (Phi) is 3.84. The van der Waals surface area contributed by atoms with Crippen molar-refractivity contribution in [2.75, 3.05) is 18.0 Å². The van der Waals surface area contributed by atoms with Gasteiger partial charge in [-0.3, -0.25) is 4.79 Å². The van der Waals surface area contributed by atoms with Crippen molar-refractivity contribution in [1.29, 1.82) is 0 Å². The Morgan fingerprint density at radius 1 is 1.38 bits per heavy atom. The molecule has 1 atom stereocenters. The lowest BCUT2D eigenvalue weighted by Gasteiger charge is -2.24. The van der Waals surface area contributed by atoms with Gasteiger partial charge in [0, 0.05) is 36.9 Å². The maximum atomic E-state index is 15.0. The highest BCUT2D eigenvalue weighted by molar-refractivity contribution is 5.98. The molecule has 26 heavy (non-hydrogen) atoms. The maximum Gasteiger partial charge on any atom is 0.341 e. The number of anilines is 1. The zero-order valence-corrected chi connectivity index (χ0v) is 14.2. The number of nitrogens with two attached hydrogens (primary N) is 1. The van der Waals surface area contributed by atoms with E-state index in [4.69, 9.17) is 5.73 Å². The van der Waals surface area contributed by atoms with Crippen molar-refractivity contribution in [2.45, 2.75) is 31.3 Å². The summed E-state index contributed by atoms with van der Waals surface area (Å²) in [5.41, 5.74) is 6.42. The number of carboxylic acids is 1. The Labute approximate surface area is 149 Å². The standard InChI is InChI=1S/C19H20FN3O3/c1-2-12-16-13(7-15(20)17(12)22-6-5-10(21)8-22)18(24)14(19(25)26)9-23(16)11-3-4-11/h2,7,9-11H,1,3-6,8,21H2,(H,25,26). The molecule has 1 aliphatic carbocycles. The molecule has 0 spiro atoms. The van der Waals surface area contributed by atoms with Crippen LogP contribution in [0.25, 0.3) is 17.0 Å². The summed E-state index contributed by atoms with van der Waals surface area (Å²) in [6.45, 7) is 4.99. The monoisotopic (exact) mass is 357 g/mol. The van der Waals surface area contributed by atoms with Crippen LogP contribution in [0, 0.1) is 5.82 Å². The normalized spacial score (nSPS) is 19.9. The van der Waals surface area contributed by atoms with Crippen LogP contribution in [0.1, 0.15) is 41.2 Å². The first kappa shape index (κ1) is 16.8. The van der Waals surface area contributed by atoms with E-state index in [2.05, 4.69) is 6.58 Å². The molecule has 1 saturated carbocycles. The van der Waals surface area contributed by atoms with Crippen molar-refractivity contribution in [3.63, 3.8) is 0 Å². The Morgan fingerprint density at radius 2 is 2.12 bits per heavy atom. The van der Waals surface area contributed by atoms with Crippen LogP contribution in [0.5, 0.6) is 0 Å². The summed E-state index contributed by atoms with van der Waals surface area (Å²) in [4.78, 5) is 26.0. The number of nitrogens with zero attached hydrogens (tertiary/aromatic N) is 2. The number of aromatic carboxylic acids is 1. The lowest BCUT2D eigenvalue weighted by molar-refractivity contribution is 0.0695. The summed E-state index contributed by atoms with van der Waals surface area (Å²) < 4.78 is 16.8. The van der Waals surface area contributed by atoms with E-state index in [0.29, 0.717) is 29.9 Å². The third-order valence-corrected chi connectivity index (χ3v) is 5.19. The van der Waals surface area contributed by atoms with E-state index in [1.165, 1.54) is 6.20 Å². The molecular formula is C19H20FN3O3. The summed E-state index contributed by atoms with van der Waals surface area (Å²) in [6.07, 6.45) is 5.49. The van der Waals surface area contributed by atoms with Gasteiger partial charge in [0.2, 0.25) is 5.43 Å². The smallest absolute Gasteiger partial charge is 0.341 e. The van der Waals surface area contributed by atoms with Crippen molar-refractivity contribution >= 4 is 28.6 Å². The third-order valence-electron chi connectivity index (χ3n) is 5.19. The largest absolute Gasteiger partial charge is 0.477 e. The molecule has 1 aromatic carbocycles. The zero-order chi connectivity index (χ0) is 18.6. The van der Waals surface area contributed by atoms with Crippen LogP contribution in [0.3, 0.4) is 0 Å². The van der Waals surface area contributed by atoms with Crippen molar-refractivity contribution in [3.8, 4) is 0 Å². The SMILES string of the molecule is C=Cc1c(N2CCC(N)C2)c(F)cc2c(=O)c(C(=O)O)cn(C3CC3)c12. The molecule has 0 radical (unpaired) electrons. The average Bonchev–Trinajstić information content (AvgIpc) is 3.35. The number of pyridine rings is 1. The topological polar surface area (TPSA) is 88.6 Å². The minimum Gasteiger partial charge on any atom is -0.477 e. The van der Waals surface area contributed by atoms with Gasteiger partial charge in [-0.1, -0.05) is 12.7 Å². The van der Waals surface area contributed by atoms with E-state index < -0.39 is 17.2 Å². The summed E-state index contributed by atoms with van der Waals surface area (Å²) >= 11 is 0. The first-order chi connectivity index (χ1) is 12.4. The molecule has 1 aliphatic heterocycles. The van der Waals surface area contributed by atoms with Gasteiger partial charge in [0.15, 0.2) is 0 Å². The highest BCUT2D eigenvalue weighted by atomic mass is 19.1. The first-order valence-electron chi connectivity index (χ1n) is 8.70. The lowest BCUT2D eigenvalue weighted by Crippen LogP contribution is -2.28. The molecule has 1 saturated heterocycles. The highest BCUT2D eigenvalue weighted by Gasteiger charge is 2.31. The van der Waals surface area contributed by atoms with Gasteiger partial charge in [-0.2, -0.15) is 0 Å². The number of rotatable bonds is 4. The fraction of sp³-hybridized carbons (Fsp3) is 0.368. The molecule has 2 aliphatic rings. The summed E-state index contributed by atoms with van der Waals surface area (Å²) in [5.74, 6) is -1.86. The van der Waals surface area contributed by atoms with E-state index in [-0.39, 0.29) is 23.0 Å². The van der Waals surface area contributed by atoms with E-state index >= 15 is 0 Å². The molecule has 6 nitrogen and oxygen atoms in total. The summed E-state index contributed by atoms with van der Waals surface area (Å²) in [5, 5.41) is 9.43. The molecule has 1 aromatic heterocycles. The molecule has 2 aromatic rings. The first-order valence-corrected chi connectivity index (χ1v) is 8.70. The number of fused-ring (bicyclic) bond motifs is 1. The minimum absolute atomic E-state index is 0.0252. The van der Waals surface area contributed by atoms with Gasteiger partial charge < -0.3 is 20.3 Å². The predicted octanol–water partition coefficient (Wildman–Crippen LogP) is 2.35. The van der Waals surface area contributed by atoms with Crippen LogP contribution < -0.4 is 16.1 Å². The van der Waals surface area contributed by atoms with Crippen LogP contribution in [-0.4, -0.2) is 34.8 Å². The van der Waals surface area contributed by atoms with Gasteiger partial charge in [0.1, 0.15) is 11.4 Å². The molecule has 7 heteroatoms. The van der Waals surface area contributed by atoms with Gasteiger partial charge >= 0.3 is 5.97 Å². The Morgan fingerprint density at radius 3 is 2.65 bits per heavy atom. The van der Waals surface area contributed by atoms with E-state index in [9.17, 15) is 19.1 Å². The van der Waals surface area contributed by atoms with Crippen molar-refractivity contribution < 1.29 is 14.3 Å². The Balaban J connectivity index is 2.08. The Hall–Kier alpha value is -2.67. The van der Waals surface area contributed by atoms with Crippen molar-refractivity contribution in [2.24, 2.45) is 5.73 Å². The second kappa shape index (κ2) is 5.95. The molecule has 2 heterocycles. The van der Waals surface area contributed by atoms with Gasteiger partial charge in [-0.05, 0) is 25.3 Å².